The molecule has 4 aliphatic rings. The highest BCUT2D eigenvalue weighted by atomic mass is 32.2. The van der Waals surface area contributed by atoms with Crippen LogP contribution in [-0.2, 0) is 17.9 Å². The number of aromatic nitrogens is 1. The van der Waals surface area contributed by atoms with Crippen molar-refractivity contribution in [1.29, 1.82) is 0 Å². The fraction of sp³-hybridized carbons (Fsp3) is 0.375. The van der Waals surface area contributed by atoms with Gasteiger partial charge in [0.05, 0.1) is 16.8 Å². The Labute approximate surface area is 265 Å². The number of hydrogen-bond donors (Lipinski definition) is 0. The van der Waals surface area contributed by atoms with E-state index in [1.165, 1.54) is 11.8 Å². The summed E-state index contributed by atoms with van der Waals surface area (Å²) in [6.45, 7) is 4.37. The molecule has 1 unspecified atom stereocenters. The molecule has 1 spiro atoms. The number of thioether (sulfide) groups is 1. The highest BCUT2D eigenvalue weighted by molar-refractivity contribution is 8.27. The number of amides is 1. The molecule has 1 fully saturated rings. The average molecular weight is 655 g/mol. The van der Waals surface area contributed by atoms with E-state index in [1.807, 2.05) is 48.7 Å². The number of pyridine rings is 1. The Kier molecular flexibility index (Phi) is 7.71. The minimum atomic E-state index is -1.00. The van der Waals surface area contributed by atoms with Crippen LogP contribution in [0.2, 0.25) is 0 Å². The van der Waals surface area contributed by atoms with Crippen LogP contribution in [0, 0.1) is 17.5 Å². The Morgan fingerprint density at radius 1 is 1.13 bits per heavy atom. The second kappa shape index (κ2) is 11.6. The molecule has 1 saturated heterocycles. The summed E-state index contributed by atoms with van der Waals surface area (Å²) < 4.78 is 54.2. The van der Waals surface area contributed by atoms with Gasteiger partial charge in [-0.3, -0.25) is 9.59 Å². The number of hydrogen-bond acceptors (Lipinski definition) is 8. The molecule has 234 valence electrons. The van der Waals surface area contributed by atoms with Crippen molar-refractivity contribution < 1.29 is 27.5 Å². The summed E-state index contributed by atoms with van der Waals surface area (Å²) in [7, 11) is 0. The van der Waals surface area contributed by atoms with E-state index in [9.17, 15) is 22.8 Å². The van der Waals surface area contributed by atoms with Crippen LogP contribution in [0.15, 0.2) is 63.0 Å². The van der Waals surface area contributed by atoms with Crippen LogP contribution in [0.5, 0.6) is 5.75 Å². The van der Waals surface area contributed by atoms with Crippen molar-refractivity contribution in [1.82, 2.24) is 9.47 Å². The van der Waals surface area contributed by atoms with E-state index < -0.39 is 33.1 Å². The number of nitrogens with zero attached hydrogens (tertiary/aromatic N) is 4. The summed E-state index contributed by atoms with van der Waals surface area (Å²) in [5, 5.41) is 4.68. The topological polar surface area (TPSA) is 85.5 Å². The molecule has 5 heterocycles. The van der Waals surface area contributed by atoms with E-state index in [2.05, 4.69) is 9.55 Å². The first-order valence-electron chi connectivity index (χ1n) is 14.6. The maximum Gasteiger partial charge on any atom is 0.274 e. The number of halogens is 3. The lowest BCUT2D eigenvalue weighted by atomic mass is 9.84. The van der Waals surface area contributed by atoms with Crippen molar-refractivity contribution >= 4 is 40.4 Å². The summed E-state index contributed by atoms with van der Waals surface area (Å²) >= 11 is 2.28. The monoisotopic (exact) mass is 654 g/mol. The maximum absolute atomic E-state index is 14.4. The molecule has 0 N–H and O–H groups in total. The first-order valence-corrected chi connectivity index (χ1v) is 16.4. The lowest BCUT2D eigenvalue weighted by Gasteiger charge is -2.42. The van der Waals surface area contributed by atoms with Gasteiger partial charge in [0.2, 0.25) is 5.43 Å². The molecule has 13 heteroatoms. The molecule has 4 aliphatic heterocycles. The molecule has 0 radical (unpaired) electrons. The third kappa shape index (κ3) is 5.33. The lowest BCUT2D eigenvalue weighted by molar-refractivity contribution is -0.0656. The highest BCUT2D eigenvalue weighted by Crippen LogP contribution is 2.50. The molecular formula is C32H29F3N4O4S2. The molecule has 8 nitrogen and oxygen atoms in total. The SMILES string of the molecule is CC1=NO[C@@]2(CC[C@H](C)N3C[C@H]2n2cc(C4SN=C(Cc5c(F)cc(F)cc5F)S4)c(=O)c(OCc4ccccc4)c2C3=O)C1. The highest BCUT2D eigenvalue weighted by Gasteiger charge is 2.54. The van der Waals surface area contributed by atoms with Crippen molar-refractivity contribution in [2.75, 3.05) is 6.54 Å². The predicted octanol–water partition coefficient (Wildman–Crippen LogP) is 6.59. The van der Waals surface area contributed by atoms with Gasteiger partial charge >= 0.3 is 0 Å². The van der Waals surface area contributed by atoms with Crippen molar-refractivity contribution in [3.8, 4) is 5.75 Å². The summed E-state index contributed by atoms with van der Waals surface area (Å²) in [4.78, 5) is 36.3. The van der Waals surface area contributed by atoms with Gasteiger partial charge in [0.25, 0.3) is 5.91 Å². The van der Waals surface area contributed by atoms with E-state index in [0.717, 1.165) is 23.2 Å². The number of benzene rings is 2. The van der Waals surface area contributed by atoms with E-state index in [-0.39, 0.29) is 48.0 Å². The Balaban J connectivity index is 1.30. The molecular weight excluding hydrogens is 626 g/mol. The normalized spacial score (nSPS) is 25.5. The molecule has 0 saturated carbocycles. The Morgan fingerprint density at radius 2 is 1.89 bits per heavy atom. The van der Waals surface area contributed by atoms with Crippen LogP contribution < -0.4 is 10.2 Å². The predicted molar refractivity (Wildman–Crippen MR) is 167 cm³/mol. The van der Waals surface area contributed by atoms with Gasteiger partial charge in [0.1, 0.15) is 28.6 Å². The summed E-state index contributed by atoms with van der Waals surface area (Å²) in [5.74, 6) is -3.34. The van der Waals surface area contributed by atoms with Gasteiger partial charge < -0.3 is 19.0 Å². The van der Waals surface area contributed by atoms with Gasteiger partial charge in [-0.2, -0.15) is 0 Å². The van der Waals surface area contributed by atoms with E-state index >= 15 is 0 Å². The van der Waals surface area contributed by atoms with Crippen LogP contribution >= 0.6 is 23.7 Å². The zero-order valence-electron chi connectivity index (χ0n) is 24.5. The number of carbonyl (C=O) groups is 1. The van der Waals surface area contributed by atoms with Crippen LogP contribution in [0.3, 0.4) is 0 Å². The standard InChI is InChI=1S/C32H29F3N4O4S2/c1-17-13-32(43-36-17)9-8-18(2)38-15-25(32)39-14-22(28(40)29(27(39)30(38)41)42-16-19-6-4-3-5-7-19)31-44-26(37-45-31)12-21-23(34)10-20(33)11-24(21)35/h3-7,10-11,14,18,25,31H,8-9,12-13,15-16H2,1-2H3/t18-,25+,31?,32-/m0/s1. The third-order valence-electron chi connectivity index (χ3n) is 8.86. The van der Waals surface area contributed by atoms with Gasteiger partial charge in [-0.05, 0) is 44.2 Å². The van der Waals surface area contributed by atoms with E-state index in [1.54, 1.807) is 11.1 Å². The van der Waals surface area contributed by atoms with E-state index in [4.69, 9.17) is 9.57 Å². The number of oxime groups is 1. The number of ether oxygens (including phenoxy) is 1. The Morgan fingerprint density at radius 3 is 2.60 bits per heavy atom. The molecule has 7 rings (SSSR count). The van der Waals surface area contributed by atoms with Crippen LogP contribution in [0.1, 0.15) is 70.9 Å². The van der Waals surface area contributed by atoms with Gasteiger partial charge in [-0.25, -0.2) is 17.6 Å². The average Bonchev–Trinajstić information content (AvgIpc) is 3.61. The zero-order chi connectivity index (χ0) is 31.5. The maximum atomic E-state index is 14.4. The zero-order valence-corrected chi connectivity index (χ0v) is 26.1. The second-order valence-electron chi connectivity index (χ2n) is 11.9. The van der Waals surface area contributed by atoms with Gasteiger partial charge in [0.15, 0.2) is 17.0 Å². The molecule has 3 aromatic rings. The molecule has 0 aliphatic carbocycles. The Hall–Kier alpha value is -3.71. The summed E-state index contributed by atoms with van der Waals surface area (Å²) in [6.07, 6.45) is 3.46. The summed E-state index contributed by atoms with van der Waals surface area (Å²) in [6, 6.07) is 10.2. The smallest absolute Gasteiger partial charge is 0.274 e. The molecule has 4 atom stereocenters. The van der Waals surface area contributed by atoms with Crippen molar-refractivity contribution in [3.63, 3.8) is 0 Å². The van der Waals surface area contributed by atoms with Crippen molar-refractivity contribution in [2.45, 2.75) is 68.4 Å². The van der Waals surface area contributed by atoms with Gasteiger partial charge in [0, 0.05) is 54.9 Å². The third-order valence-corrected chi connectivity index (χ3v) is 11.3. The van der Waals surface area contributed by atoms with Crippen LogP contribution in [0.4, 0.5) is 13.2 Å². The molecule has 2 aromatic carbocycles. The first-order chi connectivity index (χ1) is 21.6. The fourth-order valence-corrected chi connectivity index (χ4v) is 8.79. The van der Waals surface area contributed by atoms with Gasteiger partial charge in [-0.15, -0.1) is 0 Å². The van der Waals surface area contributed by atoms with Crippen LogP contribution in [-0.4, -0.2) is 44.3 Å². The largest absolute Gasteiger partial charge is 0.483 e. The fourth-order valence-electron chi connectivity index (χ4n) is 6.52. The second-order valence-corrected chi connectivity index (χ2v) is 14.2. The molecule has 1 aromatic heterocycles. The van der Waals surface area contributed by atoms with E-state index in [0.29, 0.717) is 48.5 Å². The van der Waals surface area contributed by atoms with Crippen molar-refractivity contribution in [3.05, 3.63) is 98.7 Å². The number of fused-ring (bicyclic) bond motifs is 5. The quantitative estimate of drug-likeness (QED) is 0.279. The minimum Gasteiger partial charge on any atom is -0.483 e. The van der Waals surface area contributed by atoms with Crippen LogP contribution in [0.25, 0.3) is 0 Å². The minimum absolute atomic E-state index is 0.0544. The molecule has 45 heavy (non-hydrogen) atoms. The number of carbonyl (C=O) groups excluding carboxylic acids is 1. The first kappa shape index (κ1) is 30.0. The van der Waals surface area contributed by atoms with Gasteiger partial charge in [-0.1, -0.05) is 47.2 Å². The van der Waals surface area contributed by atoms with Crippen molar-refractivity contribution in [2.24, 2.45) is 9.55 Å². The molecule has 1 amide bonds. The molecule has 2 bridgehead atoms. The Bertz CT molecular complexity index is 1790. The lowest BCUT2D eigenvalue weighted by Crippen LogP contribution is -2.52. The summed E-state index contributed by atoms with van der Waals surface area (Å²) in [5.41, 5.74) is 0.729. The number of rotatable bonds is 6.